The molecule has 3 nitrogen and oxygen atoms in total. The Labute approximate surface area is 73.3 Å². The highest BCUT2D eigenvalue weighted by Gasteiger charge is 2.14. The van der Waals surface area contributed by atoms with Crippen molar-refractivity contribution in [2.45, 2.75) is 32.5 Å². The van der Waals surface area contributed by atoms with Crippen LogP contribution in [0, 0.1) is 17.2 Å². The molecule has 68 valence electrons. The molecular formula is C9H15NO2. The van der Waals surface area contributed by atoms with Gasteiger partial charge in [-0.15, -0.1) is 0 Å². The fraction of sp³-hybridized carbons (Fsp3) is 0.889. The molecule has 1 saturated heterocycles. The van der Waals surface area contributed by atoms with Gasteiger partial charge in [0.1, 0.15) is 0 Å². The summed E-state index contributed by atoms with van der Waals surface area (Å²) in [7, 11) is 0. The molecule has 2 atom stereocenters. The van der Waals surface area contributed by atoms with E-state index in [9.17, 15) is 0 Å². The summed E-state index contributed by atoms with van der Waals surface area (Å²) in [5.74, 6) is -0.0319. The van der Waals surface area contributed by atoms with Crippen molar-refractivity contribution >= 4 is 0 Å². The van der Waals surface area contributed by atoms with Crippen LogP contribution in [0.2, 0.25) is 0 Å². The molecule has 1 aliphatic heterocycles. The van der Waals surface area contributed by atoms with Crippen LogP contribution in [0.15, 0.2) is 0 Å². The number of hydrogen-bond donors (Lipinski definition) is 0. The first-order valence-corrected chi connectivity index (χ1v) is 4.45. The lowest BCUT2D eigenvalue weighted by Gasteiger charge is -2.22. The maximum Gasteiger partial charge on any atom is 0.157 e. The smallest absolute Gasteiger partial charge is 0.157 e. The van der Waals surface area contributed by atoms with E-state index in [0.29, 0.717) is 6.61 Å². The number of ether oxygens (including phenoxy) is 2. The van der Waals surface area contributed by atoms with E-state index in [2.05, 4.69) is 6.07 Å². The molecule has 1 heterocycles. The van der Waals surface area contributed by atoms with E-state index in [4.69, 9.17) is 14.7 Å². The van der Waals surface area contributed by atoms with Crippen molar-refractivity contribution in [3.63, 3.8) is 0 Å². The first-order chi connectivity index (χ1) is 5.83. The average molecular weight is 169 g/mol. The van der Waals surface area contributed by atoms with Gasteiger partial charge >= 0.3 is 0 Å². The quantitative estimate of drug-likeness (QED) is 0.645. The fourth-order valence-corrected chi connectivity index (χ4v) is 1.13. The normalized spacial score (nSPS) is 26.2. The predicted octanol–water partition coefficient (Wildman–Crippen LogP) is 1.69. The van der Waals surface area contributed by atoms with Crippen molar-refractivity contribution in [1.29, 1.82) is 5.26 Å². The van der Waals surface area contributed by atoms with Crippen LogP contribution in [0.5, 0.6) is 0 Å². The predicted molar refractivity (Wildman–Crippen MR) is 44.3 cm³/mol. The highest BCUT2D eigenvalue weighted by Crippen LogP contribution is 2.14. The highest BCUT2D eigenvalue weighted by molar-refractivity contribution is 4.77. The number of nitriles is 1. The molecule has 0 bridgehead atoms. The van der Waals surface area contributed by atoms with Crippen molar-refractivity contribution in [3.05, 3.63) is 0 Å². The summed E-state index contributed by atoms with van der Waals surface area (Å²) in [6.45, 7) is 3.13. The Bertz CT molecular complexity index is 158. The Kier molecular flexibility index (Phi) is 4.06. The molecule has 0 aromatic heterocycles. The third-order valence-corrected chi connectivity index (χ3v) is 1.89. The minimum absolute atomic E-state index is 0.0319. The van der Waals surface area contributed by atoms with Gasteiger partial charge in [-0.1, -0.05) is 0 Å². The lowest BCUT2D eigenvalue weighted by Crippen LogP contribution is -2.24. The second-order valence-electron chi connectivity index (χ2n) is 3.16. The topological polar surface area (TPSA) is 42.2 Å². The molecular weight excluding hydrogens is 154 g/mol. The molecule has 0 radical (unpaired) electrons. The van der Waals surface area contributed by atoms with Gasteiger partial charge in [0.2, 0.25) is 0 Å². The van der Waals surface area contributed by atoms with Crippen molar-refractivity contribution in [2.24, 2.45) is 5.92 Å². The lowest BCUT2D eigenvalue weighted by atomic mass is 10.2. The number of rotatable bonds is 3. The first kappa shape index (κ1) is 9.50. The van der Waals surface area contributed by atoms with E-state index in [0.717, 1.165) is 19.4 Å². The molecule has 1 aliphatic rings. The Balaban J connectivity index is 2.10. The van der Waals surface area contributed by atoms with E-state index in [-0.39, 0.29) is 12.2 Å². The Morgan fingerprint density at radius 3 is 3.08 bits per heavy atom. The van der Waals surface area contributed by atoms with Crippen molar-refractivity contribution in [3.8, 4) is 6.07 Å². The molecule has 1 fully saturated rings. The molecule has 2 unspecified atom stereocenters. The first-order valence-electron chi connectivity index (χ1n) is 4.45. The highest BCUT2D eigenvalue weighted by atomic mass is 16.7. The van der Waals surface area contributed by atoms with Crippen molar-refractivity contribution in [2.75, 3.05) is 13.2 Å². The van der Waals surface area contributed by atoms with E-state index in [1.165, 1.54) is 6.42 Å². The van der Waals surface area contributed by atoms with E-state index >= 15 is 0 Å². The SMILES string of the molecule is CC(C#N)COC1CCCCO1. The lowest BCUT2D eigenvalue weighted by molar-refractivity contribution is -0.165. The zero-order chi connectivity index (χ0) is 8.81. The average Bonchev–Trinajstić information content (AvgIpc) is 2.16. The minimum atomic E-state index is -0.0606. The largest absolute Gasteiger partial charge is 0.353 e. The van der Waals surface area contributed by atoms with E-state index in [1.54, 1.807) is 0 Å². The molecule has 0 aliphatic carbocycles. The molecule has 0 aromatic carbocycles. The van der Waals surface area contributed by atoms with Crippen LogP contribution < -0.4 is 0 Å². The molecule has 0 aromatic rings. The van der Waals surface area contributed by atoms with Crippen LogP contribution in [0.3, 0.4) is 0 Å². The van der Waals surface area contributed by atoms with Crippen LogP contribution in [0.4, 0.5) is 0 Å². The minimum Gasteiger partial charge on any atom is -0.353 e. The van der Waals surface area contributed by atoms with Crippen LogP contribution >= 0.6 is 0 Å². The second-order valence-corrected chi connectivity index (χ2v) is 3.16. The molecule has 0 saturated carbocycles. The van der Waals surface area contributed by atoms with Crippen molar-refractivity contribution in [1.82, 2.24) is 0 Å². The molecule has 1 rings (SSSR count). The summed E-state index contributed by atoms with van der Waals surface area (Å²) >= 11 is 0. The van der Waals surface area contributed by atoms with Crippen LogP contribution in [-0.4, -0.2) is 19.5 Å². The summed E-state index contributed by atoms with van der Waals surface area (Å²) < 4.78 is 10.7. The Morgan fingerprint density at radius 1 is 1.67 bits per heavy atom. The molecule has 12 heavy (non-hydrogen) atoms. The van der Waals surface area contributed by atoms with Crippen LogP contribution in [0.25, 0.3) is 0 Å². The Hall–Kier alpha value is -0.590. The molecule has 0 N–H and O–H groups in total. The maximum absolute atomic E-state index is 8.49. The summed E-state index contributed by atoms with van der Waals surface area (Å²) in [5.41, 5.74) is 0. The summed E-state index contributed by atoms with van der Waals surface area (Å²) in [6, 6.07) is 2.12. The van der Waals surface area contributed by atoms with Gasteiger partial charge in [-0.3, -0.25) is 0 Å². The standard InChI is InChI=1S/C9H15NO2/c1-8(6-10)7-12-9-4-2-3-5-11-9/h8-9H,2-5,7H2,1H3. The van der Waals surface area contributed by atoms with Crippen LogP contribution in [-0.2, 0) is 9.47 Å². The van der Waals surface area contributed by atoms with Gasteiger partial charge in [-0.2, -0.15) is 5.26 Å². The van der Waals surface area contributed by atoms with Gasteiger partial charge < -0.3 is 9.47 Å². The van der Waals surface area contributed by atoms with Gasteiger partial charge in [0.05, 0.1) is 18.6 Å². The zero-order valence-corrected chi connectivity index (χ0v) is 7.45. The van der Waals surface area contributed by atoms with Gasteiger partial charge in [0, 0.05) is 6.61 Å². The zero-order valence-electron chi connectivity index (χ0n) is 7.45. The van der Waals surface area contributed by atoms with Crippen molar-refractivity contribution < 1.29 is 9.47 Å². The van der Waals surface area contributed by atoms with Gasteiger partial charge in [0.15, 0.2) is 6.29 Å². The van der Waals surface area contributed by atoms with Crippen LogP contribution in [0.1, 0.15) is 26.2 Å². The van der Waals surface area contributed by atoms with E-state index in [1.807, 2.05) is 6.92 Å². The summed E-state index contributed by atoms with van der Waals surface area (Å²) in [4.78, 5) is 0. The van der Waals surface area contributed by atoms with E-state index < -0.39 is 0 Å². The maximum atomic E-state index is 8.49. The number of nitrogens with zero attached hydrogens (tertiary/aromatic N) is 1. The Morgan fingerprint density at radius 2 is 2.50 bits per heavy atom. The number of hydrogen-bond acceptors (Lipinski definition) is 3. The van der Waals surface area contributed by atoms with Gasteiger partial charge in [0.25, 0.3) is 0 Å². The third kappa shape index (κ3) is 3.21. The molecule has 0 spiro atoms. The van der Waals surface area contributed by atoms with Gasteiger partial charge in [-0.05, 0) is 26.2 Å². The monoisotopic (exact) mass is 169 g/mol. The third-order valence-electron chi connectivity index (χ3n) is 1.89. The second kappa shape index (κ2) is 5.13. The summed E-state index contributed by atoms with van der Waals surface area (Å²) in [5, 5.41) is 8.49. The fourth-order valence-electron chi connectivity index (χ4n) is 1.13. The summed E-state index contributed by atoms with van der Waals surface area (Å²) in [6.07, 6.45) is 3.21. The van der Waals surface area contributed by atoms with Gasteiger partial charge in [-0.25, -0.2) is 0 Å². The molecule has 0 amide bonds. The molecule has 3 heteroatoms.